The van der Waals surface area contributed by atoms with Gasteiger partial charge in [-0.1, -0.05) is 50.9 Å². The molecule has 2 aromatic rings. The lowest BCUT2D eigenvalue weighted by atomic mass is 10.0. The van der Waals surface area contributed by atoms with E-state index in [9.17, 15) is 22.2 Å². The van der Waals surface area contributed by atoms with Gasteiger partial charge >= 0.3 is 0 Å². The van der Waals surface area contributed by atoms with E-state index in [1.165, 1.54) is 24.3 Å². The van der Waals surface area contributed by atoms with E-state index in [1.54, 1.807) is 25.1 Å². The minimum absolute atomic E-state index is 0.226. The third-order valence-electron chi connectivity index (χ3n) is 2.88. The van der Waals surface area contributed by atoms with Crippen molar-refractivity contribution < 1.29 is 22.2 Å². The maximum atomic E-state index is 12.6. The second-order valence-electron chi connectivity index (χ2n) is 4.37. The van der Waals surface area contributed by atoms with Crippen molar-refractivity contribution in [2.24, 2.45) is 0 Å². The minimum Gasteiger partial charge on any atom is -0.289 e. The number of ketones is 1. The van der Waals surface area contributed by atoms with Gasteiger partial charge in [0.2, 0.25) is 0 Å². The third kappa shape index (κ3) is 2.98. The first kappa shape index (κ1) is 15.3. The number of hydrogen-bond acceptors (Lipinski definition) is 3. The highest BCUT2D eigenvalue weighted by Crippen LogP contribution is 2.24. The highest BCUT2D eigenvalue weighted by molar-refractivity contribution is 7.89. The predicted octanol–water partition coefficient (Wildman–Crippen LogP) is 2.99. The van der Waals surface area contributed by atoms with Crippen molar-refractivity contribution in [1.29, 1.82) is 0 Å². The fraction of sp³-hybridized carbons (Fsp3) is 0.0714. The zero-order valence-corrected chi connectivity index (χ0v) is 11.8. The zero-order chi connectivity index (χ0) is 15.6. The lowest BCUT2D eigenvalue weighted by Crippen LogP contribution is -2.18. The molecule has 4 nitrogen and oxygen atoms in total. The molecule has 0 radical (unpaired) electrons. The van der Waals surface area contributed by atoms with Gasteiger partial charge in [0.1, 0.15) is 4.75 Å². The van der Waals surface area contributed by atoms with Crippen LogP contribution in [0.1, 0.15) is 21.5 Å². The molecule has 0 saturated heterocycles. The number of carbonyl (C=O) groups excluding carboxylic acids is 1. The van der Waals surface area contributed by atoms with Crippen molar-refractivity contribution in [2.45, 2.75) is 11.8 Å². The molecule has 21 heavy (non-hydrogen) atoms. The van der Waals surface area contributed by atoms with Crippen LogP contribution >= 0.6 is 0 Å². The maximum Gasteiger partial charge on any atom is 0.297 e. The molecule has 7 heteroatoms. The third-order valence-corrected chi connectivity index (χ3v) is 4.15. The van der Waals surface area contributed by atoms with Crippen molar-refractivity contribution in [3.8, 4) is 0 Å². The van der Waals surface area contributed by atoms with Crippen LogP contribution in [-0.2, 0) is 10.0 Å². The van der Waals surface area contributed by atoms with Crippen LogP contribution < -0.4 is 0 Å². The number of nitrogens with zero attached hydrogens (tertiary/aromatic N) is 1. The van der Waals surface area contributed by atoms with E-state index < -0.39 is 25.5 Å². The van der Waals surface area contributed by atoms with Crippen molar-refractivity contribution in [2.75, 3.05) is 0 Å². The molecule has 2 rings (SSSR count). The summed E-state index contributed by atoms with van der Waals surface area (Å²) < 4.78 is 46.5. The van der Waals surface area contributed by atoms with Gasteiger partial charge in [-0.05, 0) is 19.1 Å². The minimum atomic E-state index is -5.00. The van der Waals surface area contributed by atoms with Crippen LogP contribution in [-0.4, -0.2) is 19.0 Å². The van der Waals surface area contributed by atoms with E-state index in [-0.39, 0.29) is 11.1 Å². The second-order valence-corrected chi connectivity index (χ2v) is 6.04. The Bertz CT molecular complexity index is 774. The number of rotatable bonds is 4. The molecule has 2 aromatic carbocycles. The van der Waals surface area contributed by atoms with Gasteiger partial charge in [-0.15, -0.1) is 0 Å². The Labute approximate surface area is 120 Å². The topological polar surface area (TPSA) is 54.5 Å². The first-order valence-electron chi connectivity index (χ1n) is 5.91. The summed E-state index contributed by atoms with van der Waals surface area (Å²) in [5.74, 6) is -0.625. The monoisotopic (exact) mass is 311 g/mol. The Kier molecular flexibility index (Phi) is 4.15. The van der Waals surface area contributed by atoms with Gasteiger partial charge in [0.25, 0.3) is 10.0 Å². The van der Waals surface area contributed by atoms with Gasteiger partial charge in [-0.3, -0.25) is 4.79 Å². The smallest absolute Gasteiger partial charge is 0.289 e. The highest BCUT2D eigenvalue weighted by atomic mass is 32.2. The standard InChI is InChI=1S/C14H11F2NO3S/c1-10-7-8-13(21(19,20)17(15)16)12(9-10)14(18)11-5-3-2-4-6-11/h2-9H,1H3. The molecule has 0 aliphatic heterocycles. The predicted molar refractivity (Wildman–Crippen MR) is 72.3 cm³/mol. The number of sulfonamides is 1. The van der Waals surface area contributed by atoms with Gasteiger partial charge in [0.15, 0.2) is 5.78 Å². The van der Waals surface area contributed by atoms with Crippen molar-refractivity contribution in [1.82, 2.24) is 4.75 Å². The van der Waals surface area contributed by atoms with Crippen molar-refractivity contribution >= 4 is 15.8 Å². The summed E-state index contributed by atoms with van der Waals surface area (Å²) in [6.07, 6.45) is 0. The van der Waals surface area contributed by atoms with E-state index >= 15 is 0 Å². The van der Waals surface area contributed by atoms with E-state index in [0.29, 0.717) is 5.56 Å². The molecule has 0 atom stereocenters. The Morgan fingerprint density at radius 3 is 2.24 bits per heavy atom. The van der Waals surface area contributed by atoms with Crippen LogP contribution in [0, 0.1) is 6.92 Å². The van der Waals surface area contributed by atoms with E-state index in [1.807, 2.05) is 0 Å². The molecule has 0 spiro atoms. The van der Waals surface area contributed by atoms with Crippen LogP contribution in [0.5, 0.6) is 0 Å². The molecule has 0 N–H and O–H groups in total. The normalized spacial score (nSPS) is 11.6. The summed E-state index contributed by atoms with van der Waals surface area (Å²) in [7, 11) is -5.00. The molecule has 0 aliphatic carbocycles. The number of aryl methyl sites for hydroxylation is 1. The Hall–Kier alpha value is -2.12. The van der Waals surface area contributed by atoms with Crippen LogP contribution in [0.15, 0.2) is 53.4 Å². The fourth-order valence-corrected chi connectivity index (χ4v) is 2.68. The Morgan fingerprint density at radius 2 is 1.67 bits per heavy atom. The number of carbonyl (C=O) groups is 1. The molecule has 0 amide bonds. The summed E-state index contributed by atoms with van der Waals surface area (Å²) in [5.41, 5.74) is 0.544. The fourth-order valence-electron chi connectivity index (χ4n) is 1.87. The molecule has 0 aliphatic rings. The lowest BCUT2D eigenvalue weighted by Gasteiger charge is -2.10. The molecular weight excluding hydrogens is 300 g/mol. The van der Waals surface area contributed by atoms with Crippen molar-refractivity contribution in [3.63, 3.8) is 0 Å². The molecular formula is C14H11F2NO3S. The van der Waals surface area contributed by atoms with Gasteiger partial charge in [-0.2, -0.15) is 0 Å². The second kappa shape index (κ2) is 5.71. The quantitative estimate of drug-likeness (QED) is 0.644. The zero-order valence-electron chi connectivity index (χ0n) is 11.0. The number of halogens is 2. The summed E-state index contributed by atoms with van der Waals surface area (Å²) in [6, 6.07) is 11.5. The summed E-state index contributed by atoms with van der Waals surface area (Å²) in [4.78, 5) is 11.6. The van der Waals surface area contributed by atoms with Gasteiger partial charge in [0.05, 0.1) is 4.90 Å². The average Bonchev–Trinajstić information content (AvgIpc) is 2.46. The molecule has 0 saturated carbocycles. The molecule has 0 fully saturated rings. The van der Waals surface area contributed by atoms with Crippen molar-refractivity contribution in [3.05, 3.63) is 65.2 Å². The SMILES string of the molecule is Cc1ccc(S(=O)(=O)N(F)F)c(C(=O)c2ccccc2)c1. The molecule has 0 unspecified atom stereocenters. The molecule has 0 aromatic heterocycles. The maximum absolute atomic E-state index is 12.6. The van der Waals surface area contributed by atoms with Crippen LogP contribution in [0.2, 0.25) is 0 Å². The van der Waals surface area contributed by atoms with Gasteiger partial charge < -0.3 is 0 Å². The van der Waals surface area contributed by atoms with Crippen LogP contribution in [0.25, 0.3) is 0 Å². The summed E-state index contributed by atoms with van der Waals surface area (Å²) in [6.45, 7) is 1.64. The number of hydrogen-bond donors (Lipinski definition) is 0. The first-order valence-corrected chi connectivity index (χ1v) is 7.35. The van der Waals surface area contributed by atoms with E-state index in [4.69, 9.17) is 0 Å². The summed E-state index contributed by atoms with van der Waals surface area (Å²) in [5, 5.41) is 0. The molecule has 0 heterocycles. The summed E-state index contributed by atoms with van der Waals surface area (Å²) >= 11 is 0. The van der Waals surface area contributed by atoms with E-state index in [2.05, 4.69) is 0 Å². The highest BCUT2D eigenvalue weighted by Gasteiger charge is 2.30. The average molecular weight is 311 g/mol. The first-order chi connectivity index (χ1) is 9.84. The van der Waals surface area contributed by atoms with Gasteiger partial charge in [0, 0.05) is 11.1 Å². The number of benzene rings is 2. The lowest BCUT2D eigenvalue weighted by molar-refractivity contribution is -0.0538. The molecule has 110 valence electrons. The van der Waals surface area contributed by atoms with Crippen LogP contribution in [0.3, 0.4) is 0 Å². The van der Waals surface area contributed by atoms with Gasteiger partial charge in [-0.25, -0.2) is 8.42 Å². The Balaban J connectivity index is 2.64. The Morgan fingerprint density at radius 1 is 1.05 bits per heavy atom. The van der Waals surface area contributed by atoms with Crippen LogP contribution in [0.4, 0.5) is 8.96 Å². The largest absolute Gasteiger partial charge is 0.297 e. The van der Waals surface area contributed by atoms with E-state index in [0.717, 1.165) is 6.07 Å². The molecule has 0 bridgehead atoms.